The van der Waals surface area contributed by atoms with Crippen molar-refractivity contribution in [2.24, 2.45) is 0 Å². The first-order valence-electron chi connectivity index (χ1n) is 5.94. The lowest BCUT2D eigenvalue weighted by Gasteiger charge is -2.23. The zero-order valence-corrected chi connectivity index (χ0v) is 9.98. The van der Waals surface area contributed by atoms with Crippen molar-refractivity contribution < 1.29 is 9.59 Å². The molecule has 2 amide bonds. The number of rotatable bonds is 3. The van der Waals surface area contributed by atoms with Crippen molar-refractivity contribution in [2.75, 3.05) is 19.6 Å². The predicted molar refractivity (Wildman–Crippen MR) is 66.0 cm³/mol. The van der Waals surface area contributed by atoms with E-state index in [1.807, 2.05) is 0 Å². The highest BCUT2D eigenvalue weighted by Crippen LogP contribution is 1.98. The molecule has 0 aromatic carbocycles. The highest BCUT2D eigenvalue weighted by atomic mass is 16.2. The first-order valence-corrected chi connectivity index (χ1v) is 5.94. The van der Waals surface area contributed by atoms with E-state index in [0.29, 0.717) is 12.0 Å². The summed E-state index contributed by atoms with van der Waals surface area (Å²) in [7, 11) is 0. The van der Waals surface area contributed by atoms with Crippen LogP contribution >= 0.6 is 0 Å². The highest BCUT2D eigenvalue weighted by molar-refractivity contribution is 6.04. The Hall–Kier alpha value is -1.79. The molecule has 96 valence electrons. The number of pyridine rings is 1. The van der Waals surface area contributed by atoms with Crippen molar-refractivity contribution in [3.63, 3.8) is 0 Å². The van der Waals surface area contributed by atoms with Crippen LogP contribution in [0.25, 0.3) is 0 Å². The van der Waals surface area contributed by atoms with Gasteiger partial charge in [-0.1, -0.05) is 0 Å². The molecular weight excluding hydrogens is 232 g/mol. The quantitative estimate of drug-likeness (QED) is 0.658. The van der Waals surface area contributed by atoms with Crippen molar-refractivity contribution in [2.45, 2.75) is 12.5 Å². The minimum absolute atomic E-state index is 0.0837. The van der Waals surface area contributed by atoms with Gasteiger partial charge in [-0.05, 0) is 12.1 Å². The van der Waals surface area contributed by atoms with Crippen LogP contribution in [0.15, 0.2) is 24.5 Å². The summed E-state index contributed by atoms with van der Waals surface area (Å²) in [6.45, 7) is 2.50. The molecule has 0 saturated carbocycles. The minimum Gasteiger partial charge on any atom is -0.314 e. The molecule has 3 N–H and O–H groups in total. The SMILES string of the molecule is O=C(CC1CNCCN1)NC(=O)c1cccnc1. The number of aromatic nitrogens is 1. The summed E-state index contributed by atoms with van der Waals surface area (Å²) in [6, 6.07) is 3.36. The molecule has 1 fully saturated rings. The van der Waals surface area contributed by atoms with Crippen LogP contribution in [0.5, 0.6) is 0 Å². The Bertz CT molecular complexity index is 415. The van der Waals surface area contributed by atoms with Crippen LogP contribution in [-0.4, -0.2) is 42.5 Å². The summed E-state index contributed by atoms with van der Waals surface area (Å²) in [6.07, 6.45) is 3.30. The zero-order chi connectivity index (χ0) is 12.8. The summed E-state index contributed by atoms with van der Waals surface area (Å²) < 4.78 is 0. The summed E-state index contributed by atoms with van der Waals surface area (Å²) in [5, 5.41) is 8.76. The molecule has 0 bridgehead atoms. The third kappa shape index (κ3) is 3.61. The van der Waals surface area contributed by atoms with Crippen LogP contribution in [0.4, 0.5) is 0 Å². The second kappa shape index (κ2) is 6.23. The number of carbonyl (C=O) groups is 2. The Labute approximate surface area is 105 Å². The van der Waals surface area contributed by atoms with Gasteiger partial charge in [-0.25, -0.2) is 0 Å². The van der Waals surface area contributed by atoms with Gasteiger partial charge >= 0.3 is 0 Å². The summed E-state index contributed by atoms with van der Waals surface area (Å²) in [5.74, 6) is -0.679. The first-order chi connectivity index (χ1) is 8.75. The second-order valence-corrected chi connectivity index (χ2v) is 4.18. The predicted octanol–water partition coefficient (Wildman–Crippen LogP) is -0.710. The van der Waals surface area contributed by atoms with Gasteiger partial charge in [0.1, 0.15) is 0 Å². The maximum Gasteiger partial charge on any atom is 0.259 e. The number of nitrogens with zero attached hydrogens (tertiary/aromatic N) is 1. The molecule has 1 aromatic rings. The van der Waals surface area contributed by atoms with Gasteiger partial charge in [-0.2, -0.15) is 0 Å². The van der Waals surface area contributed by atoms with Crippen LogP contribution in [-0.2, 0) is 4.79 Å². The molecule has 6 nitrogen and oxygen atoms in total. The molecule has 1 unspecified atom stereocenters. The number of hydrogen-bond acceptors (Lipinski definition) is 5. The monoisotopic (exact) mass is 248 g/mol. The fourth-order valence-corrected chi connectivity index (χ4v) is 1.83. The molecule has 18 heavy (non-hydrogen) atoms. The van der Waals surface area contributed by atoms with Crippen LogP contribution in [0, 0.1) is 0 Å². The highest BCUT2D eigenvalue weighted by Gasteiger charge is 2.17. The minimum atomic E-state index is -0.406. The largest absolute Gasteiger partial charge is 0.314 e. The fraction of sp³-hybridized carbons (Fsp3) is 0.417. The lowest BCUT2D eigenvalue weighted by molar-refractivity contribution is -0.120. The van der Waals surface area contributed by atoms with Crippen LogP contribution in [0.3, 0.4) is 0 Å². The van der Waals surface area contributed by atoms with Crippen LogP contribution in [0.1, 0.15) is 16.8 Å². The van der Waals surface area contributed by atoms with Gasteiger partial charge in [0.15, 0.2) is 0 Å². The Morgan fingerprint density at radius 2 is 2.33 bits per heavy atom. The lowest BCUT2D eigenvalue weighted by Crippen LogP contribution is -2.50. The van der Waals surface area contributed by atoms with Gasteiger partial charge in [0.05, 0.1) is 5.56 Å². The van der Waals surface area contributed by atoms with E-state index in [-0.39, 0.29) is 11.9 Å². The molecular formula is C12H16N4O2. The molecule has 1 aliphatic rings. The standard InChI is InChI=1S/C12H16N4O2/c17-11(6-10-8-14-4-5-15-10)16-12(18)9-2-1-3-13-7-9/h1-3,7,10,14-15H,4-6,8H2,(H,16,17,18). The third-order valence-corrected chi connectivity index (χ3v) is 2.73. The third-order valence-electron chi connectivity index (χ3n) is 2.73. The molecule has 6 heteroatoms. The number of nitrogens with one attached hydrogen (secondary N) is 3. The molecule has 1 atom stereocenters. The van der Waals surface area contributed by atoms with Crippen molar-refractivity contribution in [3.05, 3.63) is 30.1 Å². The van der Waals surface area contributed by atoms with E-state index in [9.17, 15) is 9.59 Å². The smallest absolute Gasteiger partial charge is 0.259 e. The molecule has 2 rings (SSSR count). The number of carbonyl (C=O) groups excluding carboxylic acids is 2. The summed E-state index contributed by atoms with van der Waals surface area (Å²) in [4.78, 5) is 27.2. The molecule has 0 spiro atoms. The van der Waals surface area contributed by atoms with Crippen LogP contribution in [0.2, 0.25) is 0 Å². The maximum absolute atomic E-state index is 11.7. The Morgan fingerprint density at radius 1 is 1.44 bits per heavy atom. The van der Waals surface area contributed by atoms with E-state index >= 15 is 0 Å². The van der Waals surface area contributed by atoms with E-state index in [0.717, 1.165) is 19.6 Å². The van der Waals surface area contributed by atoms with E-state index in [4.69, 9.17) is 0 Å². The fourth-order valence-electron chi connectivity index (χ4n) is 1.83. The van der Waals surface area contributed by atoms with Crippen molar-refractivity contribution in [1.82, 2.24) is 20.9 Å². The molecule has 1 saturated heterocycles. The zero-order valence-electron chi connectivity index (χ0n) is 9.98. The average molecular weight is 248 g/mol. The number of hydrogen-bond donors (Lipinski definition) is 3. The van der Waals surface area contributed by atoms with Crippen molar-refractivity contribution in [1.29, 1.82) is 0 Å². The first kappa shape index (κ1) is 12.7. The number of imide groups is 1. The van der Waals surface area contributed by atoms with Gasteiger partial charge in [0.25, 0.3) is 5.91 Å². The van der Waals surface area contributed by atoms with Gasteiger partial charge in [0.2, 0.25) is 5.91 Å². The van der Waals surface area contributed by atoms with Gasteiger partial charge < -0.3 is 10.6 Å². The Morgan fingerprint density at radius 3 is 3.00 bits per heavy atom. The Kier molecular flexibility index (Phi) is 4.38. The lowest BCUT2D eigenvalue weighted by atomic mass is 10.1. The van der Waals surface area contributed by atoms with E-state index in [1.165, 1.54) is 6.20 Å². The van der Waals surface area contributed by atoms with Gasteiger partial charge in [-0.15, -0.1) is 0 Å². The normalized spacial score (nSPS) is 19.2. The molecule has 1 aromatic heterocycles. The Balaban J connectivity index is 1.82. The molecule has 2 heterocycles. The van der Waals surface area contributed by atoms with Gasteiger partial charge in [-0.3, -0.25) is 19.9 Å². The topological polar surface area (TPSA) is 83.1 Å². The number of piperazine rings is 1. The van der Waals surface area contributed by atoms with E-state index in [1.54, 1.807) is 18.3 Å². The second-order valence-electron chi connectivity index (χ2n) is 4.18. The van der Waals surface area contributed by atoms with Crippen molar-refractivity contribution >= 4 is 11.8 Å². The molecule has 0 radical (unpaired) electrons. The summed E-state index contributed by atoms with van der Waals surface area (Å²) >= 11 is 0. The molecule has 0 aliphatic carbocycles. The average Bonchev–Trinajstić information content (AvgIpc) is 2.40. The van der Waals surface area contributed by atoms with Crippen molar-refractivity contribution in [3.8, 4) is 0 Å². The summed E-state index contributed by atoms with van der Waals surface area (Å²) in [5.41, 5.74) is 0.389. The van der Waals surface area contributed by atoms with Gasteiger partial charge in [0, 0.05) is 44.5 Å². The van der Waals surface area contributed by atoms with E-state index < -0.39 is 5.91 Å². The van der Waals surface area contributed by atoms with E-state index in [2.05, 4.69) is 20.9 Å². The number of amides is 2. The van der Waals surface area contributed by atoms with Crippen LogP contribution < -0.4 is 16.0 Å². The molecule has 1 aliphatic heterocycles. The maximum atomic E-state index is 11.7.